The zero-order valence-electron chi connectivity index (χ0n) is 6.98. The first kappa shape index (κ1) is 9.66. The van der Waals surface area contributed by atoms with Crippen molar-refractivity contribution in [2.75, 3.05) is 0 Å². The molecular formula is C8H18N2. The Labute approximate surface area is 63.5 Å². The van der Waals surface area contributed by atoms with Crippen molar-refractivity contribution in [1.29, 1.82) is 0 Å². The zero-order valence-corrected chi connectivity index (χ0v) is 6.98. The monoisotopic (exact) mass is 142 g/mol. The molecule has 0 aromatic heterocycles. The molecule has 0 spiro atoms. The fourth-order valence-corrected chi connectivity index (χ4v) is 1.01. The van der Waals surface area contributed by atoms with Crippen LogP contribution in [0.1, 0.15) is 33.1 Å². The normalized spacial score (nSPS) is 13.1. The van der Waals surface area contributed by atoms with Crippen LogP contribution in [0.15, 0.2) is 12.2 Å². The van der Waals surface area contributed by atoms with Gasteiger partial charge in [-0.3, -0.25) is 11.3 Å². The van der Waals surface area contributed by atoms with Crippen LogP contribution >= 0.6 is 0 Å². The minimum absolute atomic E-state index is 0.419. The lowest BCUT2D eigenvalue weighted by Gasteiger charge is -2.13. The molecule has 0 heterocycles. The maximum Gasteiger partial charge on any atom is 0.0247 e. The molecule has 10 heavy (non-hydrogen) atoms. The highest BCUT2D eigenvalue weighted by atomic mass is 15.2. The Morgan fingerprint density at radius 1 is 1.70 bits per heavy atom. The average Bonchev–Trinajstić information content (AvgIpc) is 1.86. The van der Waals surface area contributed by atoms with Crippen LogP contribution in [0.3, 0.4) is 0 Å². The maximum absolute atomic E-state index is 5.32. The van der Waals surface area contributed by atoms with Gasteiger partial charge in [-0.1, -0.05) is 18.9 Å². The summed E-state index contributed by atoms with van der Waals surface area (Å²) in [5, 5.41) is 0. The van der Waals surface area contributed by atoms with Crippen molar-refractivity contribution in [1.82, 2.24) is 5.43 Å². The number of hydrogen-bond donors (Lipinski definition) is 2. The van der Waals surface area contributed by atoms with Gasteiger partial charge in [0.1, 0.15) is 0 Å². The first-order valence-electron chi connectivity index (χ1n) is 3.81. The van der Waals surface area contributed by atoms with E-state index in [4.69, 9.17) is 5.84 Å². The minimum atomic E-state index is 0.419. The van der Waals surface area contributed by atoms with Gasteiger partial charge in [-0.25, -0.2) is 0 Å². The Balaban J connectivity index is 3.49. The highest BCUT2D eigenvalue weighted by Gasteiger charge is 2.03. The summed E-state index contributed by atoms with van der Waals surface area (Å²) in [6.45, 7) is 8.01. The molecule has 0 amide bonds. The molecular weight excluding hydrogens is 124 g/mol. The lowest BCUT2D eigenvalue weighted by Crippen LogP contribution is -2.34. The van der Waals surface area contributed by atoms with Crippen molar-refractivity contribution < 1.29 is 0 Å². The Hall–Kier alpha value is -0.340. The molecule has 1 atom stereocenters. The van der Waals surface area contributed by atoms with Gasteiger partial charge < -0.3 is 0 Å². The molecule has 0 aromatic carbocycles. The third-order valence-corrected chi connectivity index (χ3v) is 1.47. The van der Waals surface area contributed by atoms with Crippen LogP contribution in [0, 0.1) is 0 Å². The highest BCUT2D eigenvalue weighted by Crippen LogP contribution is 2.05. The Morgan fingerprint density at radius 3 is 2.60 bits per heavy atom. The second-order valence-corrected chi connectivity index (χ2v) is 2.81. The predicted molar refractivity (Wildman–Crippen MR) is 45.5 cm³/mol. The summed E-state index contributed by atoms with van der Waals surface area (Å²) < 4.78 is 0. The van der Waals surface area contributed by atoms with Gasteiger partial charge in [0.05, 0.1) is 0 Å². The fourth-order valence-electron chi connectivity index (χ4n) is 1.01. The Bertz CT molecular complexity index is 99.4. The van der Waals surface area contributed by atoms with Crippen molar-refractivity contribution in [3.8, 4) is 0 Å². The van der Waals surface area contributed by atoms with Gasteiger partial charge >= 0.3 is 0 Å². The van der Waals surface area contributed by atoms with E-state index in [1.54, 1.807) is 0 Å². The van der Waals surface area contributed by atoms with Gasteiger partial charge in [0.15, 0.2) is 0 Å². The summed E-state index contributed by atoms with van der Waals surface area (Å²) >= 11 is 0. The van der Waals surface area contributed by atoms with E-state index in [0.717, 1.165) is 12.8 Å². The first-order valence-corrected chi connectivity index (χ1v) is 3.81. The molecule has 0 radical (unpaired) electrons. The first-order chi connectivity index (χ1) is 4.70. The number of hydrogen-bond acceptors (Lipinski definition) is 2. The van der Waals surface area contributed by atoms with Gasteiger partial charge in [-0.2, -0.15) is 0 Å². The summed E-state index contributed by atoms with van der Waals surface area (Å²) in [7, 11) is 0. The van der Waals surface area contributed by atoms with Crippen molar-refractivity contribution in [3.63, 3.8) is 0 Å². The topological polar surface area (TPSA) is 38.0 Å². The third-order valence-electron chi connectivity index (χ3n) is 1.47. The summed E-state index contributed by atoms with van der Waals surface area (Å²) in [5.41, 5.74) is 3.96. The van der Waals surface area contributed by atoms with E-state index < -0.39 is 0 Å². The minimum Gasteiger partial charge on any atom is -0.271 e. The average molecular weight is 142 g/mol. The van der Waals surface area contributed by atoms with E-state index >= 15 is 0 Å². The highest BCUT2D eigenvalue weighted by molar-refractivity contribution is 4.92. The van der Waals surface area contributed by atoms with Crippen molar-refractivity contribution in [2.24, 2.45) is 5.84 Å². The van der Waals surface area contributed by atoms with E-state index in [0.29, 0.717) is 6.04 Å². The molecule has 2 heteroatoms. The number of nitrogens with one attached hydrogen (secondary N) is 1. The molecule has 60 valence electrons. The standard InChI is InChI=1S/C8H18N2/c1-4-5-8(10-9)6-7(2)3/h8,10H,2,4-6,9H2,1,3H3. The van der Waals surface area contributed by atoms with Crippen LogP contribution in [0.4, 0.5) is 0 Å². The summed E-state index contributed by atoms with van der Waals surface area (Å²) in [5.74, 6) is 5.32. The quantitative estimate of drug-likeness (QED) is 0.347. The van der Waals surface area contributed by atoms with Gasteiger partial charge in [0, 0.05) is 6.04 Å². The molecule has 0 saturated heterocycles. The lowest BCUT2D eigenvalue weighted by molar-refractivity contribution is 0.485. The molecule has 0 bridgehead atoms. The van der Waals surface area contributed by atoms with E-state index in [1.807, 2.05) is 6.92 Å². The number of hydrazine groups is 1. The van der Waals surface area contributed by atoms with Gasteiger partial charge in [0.2, 0.25) is 0 Å². The molecule has 0 aliphatic rings. The largest absolute Gasteiger partial charge is 0.271 e. The smallest absolute Gasteiger partial charge is 0.0247 e. The molecule has 0 aliphatic carbocycles. The van der Waals surface area contributed by atoms with Gasteiger partial charge in [0.25, 0.3) is 0 Å². The van der Waals surface area contributed by atoms with E-state index in [2.05, 4.69) is 18.9 Å². The number of rotatable bonds is 5. The van der Waals surface area contributed by atoms with E-state index in [9.17, 15) is 0 Å². The summed E-state index contributed by atoms with van der Waals surface area (Å²) in [4.78, 5) is 0. The molecule has 1 unspecified atom stereocenters. The molecule has 2 nitrogen and oxygen atoms in total. The van der Waals surface area contributed by atoms with Crippen LogP contribution in [0.2, 0.25) is 0 Å². The molecule has 0 saturated carbocycles. The van der Waals surface area contributed by atoms with Crippen LogP contribution in [0.25, 0.3) is 0 Å². The van der Waals surface area contributed by atoms with Crippen LogP contribution in [0.5, 0.6) is 0 Å². The molecule has 0 fully saturated rings. The molecule has 0 aliphatic heterocycles. The van der Waals surface area contributed by atoms with Crippen molar-refractivity contribution >= 4 is 0 Å². The third kappa shape index (κ3) is 4.53. The Kier molecular flexibility index (Phi) is 5.26. The van der Waals surface area contributed by atoms with Crippen LogP contribution in [-0.2, 0) is 0 Å². The molecule has 0 rings (SSSR count). The summed E-state index contributed by atoms with van der Waals surface area (Å²) in [6, 6.07) is 0.419. The zero-order chi connectivity index (χ0) is 7.98. The molecule has 0 aromatic rings. The van der Waals surface area contributed by atoms with Gasteiger partial charge in [-0.05, 0) is 19.8 Å². The van der Waals surface area contributed by atoms with Crippen LogP contribution in [-0.4, -0.2) is 6.04 Å². The van der Waals surface area contributed by atoms with Crippen molar-refractivity contribution in [3.05, 3.63) is 12.2 Å². The second-order valence-electron chi connectivity index (χ2n) is 2.81. The predicted octanol–water partition coefficient (Wildman–Crippen LogP) is 1.58. The fraction of sp³-hybridized carbons (Fsp3) is 0.750. The maximum atomic E-state index is 5.32. The van der Waals surface area contributed by atoms with Crippen LogP contribution < -0.4 is 11.3 Å². The number of nitrogens with two attached hydrogens (primary N) is 1. The molecule has 3 N–H and O–H groups in total. The summed E-state index contributed by atoms with van der Waals surface area (Å²) in [6.07, 6.45) is 3.29. The second kappa shape index (κ2) is 5.45. The van der Waals surface area contributed by atoms with Crippen molar-refractivity contribution in [2.45, 2.75) is 39.2 Å². The lowest BCUT2D eigenvalue weighted by atomic mass is 10.1. The van der Waals surface area contributed by atoms with E-state index in [1.165, 1.54) is 12.0 Å². The SMILES string of the molecule is C=C(C)CC(CCC)NN. The van der Waals surface area contributed by atoms with E-state index in [-0.39, 0.29) is 0 Å². The van der Waals surface area contributed by atoms with Gasteiger partial charge in [-0.15, -0.1) is 6.58 Å². The Morgan fingerprint density at radius 2 is 2.30 bits per heavy atom.